The molecule has 0 radical (unpaired) electrons. The number of non-ortho nitro benzene ring substituents is 1. The van der Waals surface area contributed by atoms with Crippen LogP contribution in [-0.4, -0.2) is 25.5 Å². The van der Waals surface area contributed by atoms with Crippen LogP contribution < -0.4 is 9.46 Å². The maximum atomic E-state index is 12.4. The highest BCUT2D eigenvalue weighted by Crippen LogP contribution is 2.20. The van der Waals surface area contributed by atoms with Gasteiger partial charge in [0.25, 0.3) is 5.69 Å². The second-order valence-corrected chi connectivity index (χ2v) is 8.10. The number of nitro benzene ring substituents is 1. The van der Waals surface area contributed by atoms with Crippen molar-refractivity contribution in [3.63, 3.8) is 0 Å². The summed E-state index contributed by atoms with van der Waals surface area (Å²) in [5, 5.41) is 11.1. The molecule has 134 valence electrons. The first-order chi connectivity index (χ1) is 11.6. The van der Waals surface area contributed by atoms with Crippen LogP contribution in [0.1, 0.15) is 13.8 Å². The normalized spacial score (nSPS) is 12.0. The second kappa shape index (κ2) is 7.38. The highest BCUT2D eigenvalue weighted by molar-refractivity contribution is 7.89. The van der Waals surface area contributed by atoms with Gasteiger partial charge in [0.2, 0.25) is 10.0 Å². The number of halogens is 1. The monoisotopic (exact) mass is 384 g/mol. The largest absolute Gasteiger partial charge is 0.492 e. The summed E-state index contributed by atoms with van der Waals surface area (Å²) in [7, 11) is -3.74. The summed E-state index contributed by atoms with van der Waals surface area (Å²) < 4.78 is 32.9. The van der Waals surface area contributed by atoms with Gasteiger partial charge in [0.1, 0.15) is 12.4 Å². The molecule has 0 unspecified atom stereocenters. The van der Waals surface area contributed by atoms with Crippen LogP contribution in [0.3, 0.4) is 0 Å². The van der Waals surface area contributed by atoms with E-state index >= 15 is 0 Å². The molecule has 0 aliphatic heterocycles. The zero-order valence-corrected chi connectivity index (χ0v) is 15.2. The van der Waals surface area contributed by atoms with E-state index in [0.717, 1.165) is 0 Å². The number of hydrogen-bond acceptors (Lipinski definition) is 5. The lowest BCUT2D eigenvalue weighted by Gasteiger charge is -2.26. The average molecular weight is 385 g/mol. The zero-order chi connectivity index (χ0) is 18.7. The molecule has 2 rings (SSSR count). The van der Waals surface area contributed by atoms with E-state index in [4.69, 9.17) is 16.3 Å². The Kier molecular flexibility index (Phi) is 5.66. The van der Waals surface area contributed by atoms with Gasteiger partial charge in [-0.15, -0.1) is 0 Å². The van der Waals surface area contributed by atoms with Gasteiger partial charge in [-0.3, -0.25) is 10.1 Å². The molecule has 0 aromatic heterocycles. The Hall–Kier alpha value is -2.16. The Balaban J connectivity index is 2.03. The van der Waals surface area contributed by atoms with Crippen LogP contribution in [0.25, 0.3) is 0 Å². The van der Waals surface area contributed by atoms with Crippen molar-refractivity contribution < 1.29 is 18.1 Å². The first-order valence-corrected chi connectivity index (χ1v) is 9.12. The summed E-state index contributed by atoms with van der Waals surface area (Å²) in [5.41, 5.74) is -0.949. The van der Waals surface area contributed by atoms with E-state index < -0.39 is 20.5 Å². The van der Waals surface area contributed by atoms with E-state index in [0.29, 0.717) is 10.8 Å². The summed E-state index contributed by atoms with van der Waals surface area (Å²) in [5.74, 6) is 0.407. The smallest absolute Gasteiger partial charge is 0.269 e. The quantitative estimate of drug-likeness (QED) is 0.582. The fraction of sp³-hybridized carbons (Fsp3) is 0.250. The van der Waals surface area contributed by atoms with Crippen molar-refractivity contribution in [1.82, 2.24) is 4.72 Å². The Labute approximate surface area is 150 Å². The summed E-state index contributed by atoms with van der Waals surface area (Å²) in [6.45, 7) is 3.38. The van der Waals surface area contributed by atoms with Gasteiger partial charge in [-0.1, -0.05) is 11.6 Å². The number of sulfonamides is 1. The van der Waals surface area contributed by atoms with Crippen molar-refractivity contribution >= 4 is 27.3 Å². The van der Waals surface area contributed by atoms with E-state index in [9.17, 15) is 18.5 Å². The molecular formula is C16H17ClN2O5S. The lowest BCUT2D eigenvalue weighted by Crippen LogP contribution is -2.47. The molecule has 1 N–H and O–H groups in total. The maximum absolute atomic E-state index is 12.4. The molecule has 0 bridgehead atoms. The Bertz CT molecular complexity index is 849. The van der Waals surface area contributed by atoms with Crippen molar-refractivity contribution in [2.45, 2.75) is 24.3 Å². The predicted octanol–water partition coefficient (Wildman–Crippen LogP) is 3.38. The van der Waals surface area contributed by atoms with Gasteiger partial charge >= 0.3 is 0 Å². The number of nitrogens with zero attached hydrogens (tertiary/aromatic N) is 1. The Morgan fingerprint density at radius 1 is 1.12 bits per heavy atom. The molecule has 9 heteroatoms. The SMILES string of the molecule is CC(C)(COc1ccc([N+](=O)[O-])cc1)NS(=O)(=O)c1ccc(Cl)cc1. The minimum Gasteiger partial charge on any atom is -0.492 e. The Morgan fingerprint density at radius 2 is 1.68 bits per heavy atom. The van der Waals surface area contributed by atoms with Gasteiger partial charge in [-0.25, -0.2) is 13.1 Å². The summed E-state index contributed by atoms with van der Waals surface area (Å²) in [6.07, 6.45) is 0. The molecule has 0 saturated carbocycles. The number of hydrogen-bond donors (Lipinski definition) is 1. The standard InChI is InChI=1S/C16H17ClN2O5S/c1-16(2,11-24-14-7-5-13(6-8-14)19(20)21)18-25(22,23)15-9-3-12(17)4-10-15/h3-10,18H,11H2,1-2H3. The molecule has 2 aromatic rings. The highest BCUT2D eigenvalue weighted by Gasteiger charge is 2.27. The number of nitro groups is 1. The minimum atomic E-state index is -3.74. The van der Waals surface area contributed by atoms with E-state index in [1.807, 2.05) is 0 Å². The molecule has 0 aliphatic carbocycles. The highest BCUT2D eigenvalue weighted by atomic mass is 35.5. The molecule has 0 heterocycles. The zero-order valence-electron chi connectivity index (χ0n) is 13.6. The number of rotatable bonds is 7. The molecule has 0 spiro atoms. The maximum Gasteiger partial charge on any atom is 0.269 e. The van der Waals surface area contributed by atoms with Crippen molar-refractivity contribution in [2.24, 2.45) is 0 Å². The van der Waals surface area contributed by atoms with Crippen LogP contribution in [0.2, 0.25) is 5.02 Å². The van der Waals surface area contributed by atoms with Gasteiger partial charge < -0.3 is 4.74 Å². The van der Waals surface area contributed by atoms with E-state index in [2.05, 4.69) is 4.72 Å². The molecule has 0 atom stereocenters. The molecule has 0 aliphatic rings. The minimum absolute atomic E-state index is 0.0393. The average Bonchev–Trinajstić information content (AvgIpc) is 2.53. The van der Waals surface area contributed by atoms with Crippen LogP contribution in [0.15, 0.2) is 53.4 Å². The predicted molar refractivity (Wildman–Crippen MR) is 94.4 cm³/mol. The topological polar surface area (TPSA) is 98.5 Å². The third kappa shape index (κ3) is 5.42. The van der Waals surface area contributed by atoms with Gasteiger partial charge in [0, 0.05) is 17.2 Å². The van der Waals surface area contributed by atoms with Gasteiger partial charge in [-0.2, -0.15) is 0 Å². The molecule has 25 heavy (non-hydrogen) atoms. The van der Waals surface area contributed by atoms with Crippen molar-refractivity contribution in [3.8, 4) is 5.75 Å². The van der Waals surface area contributed by atoms with Crippen molar-refractivity contribution in [2.75, 3.05) is 6.61 Å². The fourth-order valence-corrected chi connectivity index (χ4v) is 3.52. The van der Waals surface area contributed by atoms with Gasteiger partial charge in [0.05, 0.1) is 15.4 Å². The molecule has 0 amide bonds. The number of benzene rings is 2. The summed E-state index contributed by atoms with van der Waals surface area (Å²) >= 11 is 5.77. The second-order valence-electron chi connectivity index (χ2n) is 5.98. The molecule has 0 saturated heterocycles. The van der Waals surface area contributed by atoms with Crippen LogP contribution in [0.5, 0.6) is 5.75 Å². The van der Waals surface area contributed by atoms with Crippen LogP contribution >= 0.6 is 11.6 Å². The molecule has 7 nitrogen and oxygen atoms in total. The molecular weight excluding hydrogens is 368 g/mol. The van der Waals surface area contributed by atoms with Crippen LogP contribution in [0.4, 0.5) is 5.69 Å². The Morgan fingerprint density at radius 3 is 2.20 bits per heavy atom. The number of nitrogens with one attached hydrogen (secondary N) is 1. The van der Waals surface area contributed by atoms with Crippen LogP contribution in [-0.2, 0) is 10.0 Å². The fourth-order valence-electron chi connectivity index (χ4n) is 1.99. The van der Waals surface area contributed by atoms with E-state index in [1.165, 1.54) is 48.5 Å². The van der Waals surface area contributed by atoms with Crippen molar-refractivity contribution in [3.05, 3.63) is 63.7 Å². The first kappa shape index (κ1) is 19.2. The summed E-state index contributed by atoms with van der Waals surface area (Å²) in [6, 6.07) is 11.4. The molecule has 2 aromatic carbocycles. The van der Waals surface area contributed by atoms with Gasteiger partial charge in [0.15, 0.2) is 0 Å². The third-order valence-electron chi connectivity index (χ3n) is 3.18. The van der Waals surface area contributed by atoms with Crippen molar-refractivity contribution in [1.29, 1.82) is 0 Å². The van der Waals surface area contributed by atoms with Crippen LogP contribution in [0, 0.1) is 10.1 Å². The molecule has 0 fully saturated rings. The van der Waals surface area contributed by atoms with E-state index in [1.54, 1.807) is 13.8 Å². The third-order valence-corrected chi connectivity index (χ3v) is 5.15. The van der Waals surface area contributed by atoms with E-state index in [-0.39, 0.29) is 17.2 Å². The number of ether oxygens (including phenoxy) is 1. The lowest BCUT2D eigenvalue weighted by atomic mass is 10.1. The van der Waals surface area contributed by atoms with Gasteiger partial charge in [-0.05, 0) is 50.2 Å². The lowest BCUT2D eigenvalue weighted by molar-refractivity contribution is -0.384. The summed E-state index contributed by atoms with van der Waals surface area (Å²) in [4.78, 5) is 10.2. The first-order valence-electron chi connectivity index (χ1n) is 7.26.